The largest absolute Gasteiger partial charge is 0.474 e. The smallest absolute Gasteiger partial charge is 0.213 e. The van der Waals surface area contributed by atoms with Crippen LogP contribution in [0.2, 0.25) is 0 Å². The minimum absolute atomic E-state index is 0.382. The molecule has 2 unspecified atom stereocenters. The molecule has 2 atom stereocenters. The van der Waals surface area contributed by atoms with E-state index >= 15 is 0 Å². The lowest BCUT2D eigenvalue weighted by atomic mass is 9.66. The molecule has 0 aromatic carbocycles. The van der Waals surface area contributed by atoms with Crippen molar-refractivity contribution in [3.8, 4) is 16.3 Å². The van der Waals surface area contributed by atoms with Crippen LogP contribution in [0.1, 0.15) is 12.8 Å². The van der Waals surface area contributed by atoms with E-state index in [2.05, 4.69) is 33.5 Å². The molecule has 4 heteroatoms. The number of thiophene rings is 1. The second-order valence-electron chi connectivity index (χ2n) is 7.02. The van der Waals surface area contributed by atoms with Crippen molar-refractivity contribution in [2.75, 3.05) is 19.6 Å². The Morgan fingerprint density at radius 1 is 1.09 bits per heavy atom. The molecule has 3 nitrogen and oxygen atoms in total. The molecule has 1 aliphatic carbocycles. The topological polar surface area (TPSA) is 25.4 Å². The van der Waals surface area contributed by atoms with E-state index in [9.17, 15) is 0 Å². The number of aromatic nitrogens is 1. The summed E-state index contributed by atoms with van der Waals surface area (Å²) in [7, 11) is 0. The van der Waals surface area contributed by atoms with Crippen LogP contribution in [0, 0.1) is 17.8 Å². The van der Waals surface area contributed by atoms with E-state index in [-0.39, 0.29) is 0 Å². The van der Waals surface area contributed by atoms with Crippen LogP contribution in [0.4, 0.5) is 0 Å². The third-order valence-corrected chi connectivity index (χ3v) is 6.42. The second kappa shape index (κ2) is 5.07. The Morgan fingerprint density at radius 3 is 2.59 bits per heavy atom. The maximum atomic E-state index is 6.33. The Labute approximate surface area is 134 Å². The summed E-state index contributed by atoms with van der Waals surface area (Å²) >= 11 is 1.75. The Kier molecular flexibility index (Phi) is 3.01. The van der Waals surface area contributed by atoms with Crippen LogP contribution in [-0.2, 0) is 0 Å². The number of pyridine rings is 1. The van der Waals surface area contributed by atoms with Gasteiger partial charge in [-0.25, -0.2) is 4.98 Å². The molecule has 3 aliphatic heterocycles. The molecule has 4 fully saturated rings. The summed E-state index contributed by atoms with van der Waals surface area (Å²) in [6.07, 6.45) is 5.03. The van der Waals surface area contributed by atoms with E-state index < -0.39 is 0 Å². The van der Waals surface area contributed by atoms with Crippen LogP contribution in [0.5, 0.6) is 5.88 Å². The minimum Gasteiger partial charge on any atom is -0.474 e. The third kappa shape index (κ3) is 2.17. The molecule has 6 rings (SSSR count). The van der Waals surface area contributed by atoms with Crippen molar-refractivity contribution in [1.29, 1.82) is 0 Å². The lowest BCUT2D eigenvalue weighted by molar-refractivity contribution is -0.0997. The first-order chi connectivity index (χ1) is 10.8. The van der Waals surface area contributed by atoms with Gasteiger partial charge in [-0.2, -0.15) is 0 Å². The lowest BCUT2D eigenvalue weighted by Gasteiger charge is -2.55. The van der Waals surface area contributed by atoms with Crippen molar-refractivity contribution in [1.82, 2.24) is 9.88 Å². The number of nitrogens with zero attached hydrogens (tertiary/aromatic N) is 2. The molecule has 114 valence electrons. The van der Waals surface area contributed by atoms with Crippen LogP contribution in [0.15, 0.2) is 35.8 Å². The van der Waals surface area contributed by atoms with Gasteiger partial charge in [0.1, 0.15) is 6.10 Å². The fraction of sp³-hybridized carbons (Fsp3) is 0.500. The molecule has 0 amide bonds. The lowest BCUT2D eigenvalue weighted by Crippen LogP contribution is -2.61. The highest BCUT2D eigenvalue weighted by atomic mass is 32.1. The van der Waals surface area contributed by atoms with Crippen LogP contribution < -0.4 is 4.74 Å². The molecule has 1 saturated carbocycles. The normalized spacial score (nSPS) is 35.7. The number of rotatable bonds is 3. The van der Waals surface area contributed by atoms with Crippen LogP contribution in [-0.4, -0.2) is 35.6 Å². The highest BCUT2D eigenvalue weighted by Gasteiger charge is 2.48. The SMILES string of the molecule is c1csc(-c2ccc(OC3C4CC5CC3CN(C5)C4)nc2)c1. The molecule has 0 spiro atoms. The second-order valence-corrected chi connectivity index (χ2v) is 7.97. The molecular formula is C18H20N2OS. The first-order valence-electron chi connectivity index (χ1n) is 8.24. The fourth-order valence-corrected chi connectivity index (χ4v) is 5.45. The Morgan fingerprint density at radius 2 is 1.95 bits per heavy atom. The summed E-state index contributed by atoms with van der Waals surface area (Å²) in [5.74, 6) is 3.15. The molecule has 3 saturated heterocycles. The van der Waals surface area contributed by atoms with Gasteiger partial charge in [0.25, 0.3) is 0 Å². The number of piperidine rings is 3. The zero-order valence-corrected chi connectivity index (χ0v) is 13.3. The third-order valence-electron chi connectivity index (χ3n) is 5.50. The Bertz CT molecular complexity index is 624. The molecule has 22 heavy (non-hydrogen) atoms. The molecule has 2 aromatic heterocycles. The minimum atomic E-state index is 0.382. The summed E-state index contributed by atoms with van der Waals surface area (Å²) in [6, 6.07) is 8.39. The van der Waals surface area contributed by atoms with Crippen molar-refractivity contribution in [3.63, 3.8) is 0 Å². The van der Waals surface area contributed by atoms with E-state index in [0.29, 0.717) is 17.9 Å². The molecule has 4 aliphatic rings. The summed E-state index contributed by atoms with van der Waals surface area (Å²) in [5, 5.41) is 2.10. The monoisotopic (exact) mass is 312 g/mol. The van der Waals surface area contributed by atoms with Gasteiger partial charge in [0, 0.05) is 54.2 Å². The van der Waals surface area contributed by atoms with Gasteiger partial charge in [0.05, 0.1) is 0 Å². The van der Waals surface area contributed by atoms with Gasteiger partial charge in [-0.1, -0.05) is 6.07 Å². The highest BCUT2D eigenvalue weighted by molar-refractivity contribution is 7.13. The van der Waals surface area contributed by atoms with E-state index in [1.165, 1.54) is 42.9 Å². The predicted octanol–water partition coefficient (Wildman–Crippen LogP) is 3.53. The summed E-state index contributed by atoms with van der Waals surface area (Å²) in [5.41, 5.74) is 1.18. The molecule has 2 aromatic rings. The zero-order valence-electron chi connectivity index (χ0n) is 12.5. The van der Waals surface area contributed by atoms with Crippen LogP contribution in [0.25, 0.3) is 10.4 Å². The van der Waals surface area contributed by atoms with E-state index in [1.54, 1.807) is 11.3 Å². The molecule has 0 radical (unpaired) electrons. The van der Waals surface area contributed by atoms with Gasteiger partial charge in [-0.05, 0) is 36.3 Å². The summed E-state index contributed by atoms with van der Waals surface area (Å²) in [4.78, 5) is 8.46. The number of hydrogen-bond donors (Lipinski definition) is 0. The fourth-order valence-electron chi connectivity index (χ4n) is 4.73. The average Bonchev–Trinajstić information content (AvgIpc) is 3.05. The first-order valence-corrected chi connectivity index (χ1v) is 9.12. The molecule has 4 bridgehead atoms. The van der Waals surface area contributed by atoms with Gasteiger partial charge in [0.15, 0.2) is 0 Å². The summed E-state index contributed by atoms with van der Waals surface area (Å²) in [6.45, 7) is 3.78. The quantitative estimate of drug-likeness (QED) is 0.867. The van der Waals surface area contributed by atoms with Crippen molar-refractivity contribution >= 4 is 11.3 Å². The highest BCUT2D eigenvalue weighted by Crippen LogP contribution is 2.44. The van der Waals surface area contributed by atoms with Gasteiger partial charge < -0.3 is 9.64 Å². The predicted molar refractivity (Wildman–Crippen MR) is 88.1 cm³/mol. The Hall–Kier alpha value is -1.39. The first kappa shape index (κ1) is 13.1. The van der Waals surface area contributed by atoms with Crippen LogP contribution >= 0.6 is 11.3 Å². The number of hydrogen-bond acceptors (Lipinski definition) is 4. The van der Waals surface area contributed by atoms with Gasteiger partial charge in [-0.3, -0.25) is 0 Å². The molecule has 5 heterocycles. The maximum absolute atomic E-state index is 6.33. The number of ether oxygens (including phenoxy) is 1. The zero-order chi connectivity index (χ0) is 14.5. The maximum Gasteiger partial charge on any atom is 0.213 e. The van der Waals surface area contributed by atoms with Crippen LogP contribution in [0.3, 0.4) is 0 Å². The van der Waals surface area contributed by atoms with Crippen molar-refractivity contribution in [2.24, 2.45) is 17.8 Å². The van der Waals surface area contributed by atoms with Gasteiger partial charge in [-0.15, -0.1) is 11.3 Å². The standard InChI is InChI=1S/C18H20N2OS/c1-2-16(22-5-1)13-3-4-17(19-8-13)21-18-14-6-12-7-15(18)11-20(9-12)10-14/h1-5,8,12,14-15,18H,6-7,9-11H2. The molecule has 0 N–H and O–H groups in total. The van der Waals surface area contributed by atoms with E-state index in [4.69, 9.17) is 4.74 Å². The average molecular weight is 312 g/mol. The van der Waals surface area contributed by atoms with Gasteiger partial charge >= 0.3 is 0 Å². The van der Waals surface area contributed by atoms with Crippen molar-refractivity contribution in [2.45, 2.75) is 18.9 Å². The van der Waals surface area contributed by atoms with Crippen molar-refractivity contribution in [3.05, 3.63) is 35.8 Å². The van der Waals surface area contributed by atoms with E-state index in [1.807, 2.05) is 12.3 Å². The van der Waals surface area contributed by atoms with Crippen molar-refractivity contribution < 1.29 is 4.74 Å². The molecular weight excluding hydrogens is 292 g/mol. The van der Waals surface area contributed by atoms with Gasteiger partial charge in [0.2, 0.25) is 5.88 Å². The Balaban J connectivity index is 1.34. The van der Waals surface area contributed by atoms with E-state index in [0.717, 1.165) is 11.8 Å². The summed E-state index contributed by atoms with van der Waals surface area (Å²) < 4.78 is 6.33.